The molecule has 1 aliphatic carbocycles. The van der Waals surface area contributed by atoms with Crippen LogP contribution in [0, 0.1) is 0 Å². The number of nitrogens with one attached hydrogen (secondary N) is 1. The van der Waals surface area contributed by atoms with E-state index in [1.807, 2.05) is 48.3 Å². The number of thioether (sulfide) groups is 1. The fourth-order valence-electron chi connectivity index (χ4n) is 4.38. The minimum atomic E-state index is -0.0449. The molecule has 164 valence electrons. The van der Waals surface area contributed by atoms with Crippen LogP contribution >= 0.6 is 11.8 Å². The first kappa shape index (κ1) is 20.7. The van der Waals surface area contributed by atoms with E-state index in [1.54, 1.807) is 20.4 Å². The van der Waals surface area contributed by atoms with E-state index in [4.69, 9.17) is 9.47 Å². The van der Waals surface area contributed by atoms with Crippen molar-refractivity contribution in [2.24, 2.45) is 0 Å². The lowest BCUT2D eigenvalue weighted by molar-refractivity contribution is -0.112. The molecule has 1 aromatic carbocycles. The van der Waals surface area contributed by atoms with Gasteiger partial charge in [0.1, 0.15) is 5.37 Å². The predicted molar refractivity (Wildman–Crippen MR) is 127 cm³/mol. The number of hydrogen-bond donors (Lipinski definition) is 1. The summed E-state index contributed by atoms with van der Waals surface area (Å²) < 4.78 is 13.1. The van der Waals surface area contributed by atoms with E-state index in [2.05, 4.69) is 27.1 Å². The normalized spacial score (nSPS) is 17.1. The van der Waals surface area contributed by atoms with Crippen LogP contribution in [0.15, 0.2) is 54.5 Å². The zero-order valence-electron chi connectivity index (χ0n) is 18.1. The number of methoxy groups -OCH3 is 2. The number of carbonyl (C=O) groups excluding carboxylic acids is 1. The van der Waals surface area contributed by atoms with Crippen molar-refractivity contribution in [2.75, 3.05) is 19.5 Å². The molecule has 1 aliphatic heterocycles. The molecule has 3 aromatic rings. The molecule has 2 aliphatic rings. The van der Waals surface area contributed by atoms with Crippen molar-refractivity contribution in [1.82, 2.24) is 9.55 Å². The van der Waals surface area contributed by atoms with E-state index in [0.717, 1.165) is 58.8 Å². The third-order valence-electron chi connectivity index (χ3n) is 6.03. The van der Waals surface area contributed by atoms with Crippen LogP contribution in [-0.4, -0.2) is 29.7 Å². The molecule has 32 heavy (non-hydrogen) atoms. The molecule has 0 saturated carbocycles. The van der Waals surface area contributed by atoms with Crippen molar-refractivity contribution < 1.29 is 14.3 Å². The molecule has 0 saturated heterocycles. The van der Waals surface area contributed by atoms with E-state index in [1.165, 1.54) is 5.56 Å². The highest BCUT2D eigenvalue weighted by Gasteiger charge is 2.27. The number of amides is 1. The van der Waals surface area contributed by atoms with Gasteiger partial charge in [-0.25, -0.2) is 0 Å². The van der Waals surface area contributed by atoms with Crippen LogP contribution in [0.3, 0.4) is 0 Å². The number of aryl methyl sites for hydroxylation is 1. The van der Waals surface area contributed by atoms with E-state index < -0.39 is 0 Å². The summed E-state index contributed by atoms with van der Waals surface area (Å²) in [5, 5.41) is 3.35. The molecule has 0 radical (unpaired) electrons. The number of fused-ring (bicyclic) bond motifs is 2. The second-order valence-corrected chi connectivity index (χ2v) is 8.98. The van der Waals surface area contributed by atoms with Gasteiger partial charge in [-0.1, -0.05) is 6.07 Å². The minimum Gasteiger partial charge on any atom is -0.493 e. The molecular weight excluding hydrogens is 422 g/mol. The van der Waals surface area contributed by atoms with Crippen LogP contribution < -0.4 is 14.8 Å². The quantitative estimate of drug-likeness (QED) is 0.593. The molecule has 7 heteroatoms. The van der Waals surface area contributed by atoms with E-state index in [0.29, 0.717) is 5.75 Å². The van der Waals surface area contributed by atoms with E-state index in [9.17, 15) is 4.79 Å². The Balaban J connectivity index is 1.39. The largest absolute Gasteiger partial charge is 0.493 e. The summed E-state index contributed by atoms with van der Waals surface area (Å²) in [4.78, 5) is 17.4. The Labute approximate surface area is 191 Å². The summed E-state index contributed by atoms with van der Waals surface area (Å²) in [6, 6.07) is 10.0. The van der Waals surface area contributed by atoms with Crippen molar-refractivity contribution in [3.8, 4) is 11.5 Å². The Morgan fingerprint density at radius 3 is 2.81 bits per heavy atom. The molecule has 2 aromatic heterocycles. The molecule has 6 nitrogen and oxygen atoms in total. The first-order valence-corrected chi connectivity index (χ1v) is 11.7. The van der Waals surface area contributed by atoms with Crippen molar-refractivity contribution in [1.29, 1.82) is 0 Å². The standard InChI is InChI=1S/C25H25N3O3S/c1-30-22-12-16-5-3-6-17(11-19(16)13-23(22)31-2)24(29)27-20-8-10-28-21(20)15-32-25(28)18-7-4-9-26-14-18/h4,7-14,25H,3,5-6,15H2,1-2H3,(H,27,29). The Kier molecular flexibility index (Phi) is 5.66. The van der Waals surface area contributed by atoms with Gasteiger partial charge in [0.15, 0.2) is 11.5 Å². The summed E-state index contributed by atoms with van der Waals surface area (Å²) in [6.07, 6.45) is 10.3. The van der Waals surface area contributed by atoms with Crippen LogP contribution in [0.5, 0.6) is 11.5 Å². The van der Waals surface area contributed by atoms with E-state index >= 15 is 0 Å². The fraction of sp³-hybridized carbons (Fsp3) is 0.280. The van der Waals surface area contributed by atoms with Crippen LogP contribution in [0.2, 0.25) is 0 Å². The van der Waals surface area contributed by atoms with Gasteiger partial charge in [0, 0.05) is 35.5 Å². The average Bonchev–Trinajstić information content (AvgIpc) is 3.35. The number of pyridine rings is 1. The van der Waals surface area contributed by atoms with Gasteiger partial charge in [-0.05, 0) is 60.7 Å². The van der Waals surface area contributed by atoms with Gasteiger partial charge in [0.05, 0.1) is 25.6 Å². The molecule has 0 spiro atoms. The first-order valence-electron chi connectivity index (χ1n) is 10.7. The maximum absolute atomic E-state index is 13.2. The van der Waals surface area contributed by atoms with Gasteiger partial charge in [-0.3, -0.25) is 9.78 Å². The predicted octanol–water partition coefficient (Wildman–Crippen LogP) is 5.05. The number of anilines is 1. The van der Waals surface area contributed by atoms with Gasteiger partial charge in [-0.2, -0.15) is 0 Å². The van der Waals surface area contributed by atoms with Crippen LogP contribution in [0.4, 0.5) is 5.69 Å². The van der Waals surface area contributed by atoms with Gasteiger partial charge < -0.3 is 19.4 Å². The van der Waals surface area contributed by atoms with Gasteiger partial charge >= 0.3 is 0 Å². The summed E-state index contributed by atoms with van der Waals surface area (Å²) in [7, 11) is 3.27. The van der Waals surface area contributed by atoms with Gasteiger partial charge in [0.2, 0.25) is 0 Å². The Bertz CT molecular complexity index is 1190. The Morgan fingerprint density at radius 2 is 2.03 bits per heavy atom. The molecule has 1 N–H and O–H groups in total. The molecular formula is C25H25N3O3S. The lowest BCUT2D eigenvalue weighted by Gasteiger charge is -2.12. The maximum Gasteiger partial charge on any atom is 0.251 e. The summed E-state index contributed by atoms with van der Waals surface area (Å²) in [6.45, 7) is 0. The molecule has 0 fully saturated rings. The number of benzene rings is 1. The Morgan fingerprint density at radius 1 is 1.19 bits per heavy atom. The van der Waals surface area contributed by atoms with Crippen LogP contribution in [0.1, 0.15) is 40.6 Å². The highest BCUT2D eigenvalue weighted by atomic mass is 32.2. The van der Waals surface area contributed by atoms with Crippen molar-refractivity contribution in [2.45, 2.75) is 30.4 Å². The average molecular weight is 448 g/mol. The SMILES string of the molecule is COc1cc2c(cc1OC)CCCC(C(=O)Nc1ccn3c1CSC3c1cccnc1)=C2. The highest BCUT2D eigenvalue weighted by Crippen LogP contribution is 2.43. The second kappa shape index (κ2) is 8.74. The number of carbonyl (C=O) groups is 1. The lowest BCUT2D eigenvalue weighted by atomic mass is 10.0. The smallest absolute Gasteiger partial charge is 0.251 e. The third kappa shape index (κ3) is 3.77. The zero-order chi connectivity index (χ0) is 22.1. The minimum absolute atomic E-state index is 0.0449. The second-order valence-electron chi connectivity index (χ2n) is 7.92. The lowest BCUT2D eigenvalue weighted by Crippen LogP contribution is -2.15. The molecule has 1 atom stereocenters. The highest BCUT2D eigenvalue weighted by molar-refractivity contribution is 7.99. The zero-order valence-corrected chi connectivity index (χ0v) is 18.9. The number of ether oxygens (including phenoxy) is 2. The number of hydrogen-bond acceptors (Lipinski definition) is 5. The number of nitrogens with zero attached hydrogens (tertiary/aromatic N) is 2. The maximum atomic E-state index is 13.2. The molecule has 5 rings (SSSR count). The van der Waals surface area contributed by atoms with Crippen molar-refractivity contribution >= 4 is 29.4 Å². The molecule has 1 amide bonds. The van der Waals surface area contributed by atoms with Gasteiger partial charge in [0.25, 0.3) is 5.91 Å². The van der Waals surface area contributed by atoms with Crippen molar-refractivity contribution in [3.63, 3.8) is 0 Å². The summed E-state index contributed by atoms with van der Waals surface area (Å²) in [5.41, 5.74) is 6.15. The van der Waals surface area contributed by atoms with Crippen LogP contribution in [0.25, 0.3) is 6.08 Å². The molecule has 3 heterocycles. The molecule has 1 unspecified atom stereocenters. The molecule has 0 bridgehead atoms. The van der Waals surface area contributed by atoms with Gasteiger partial charge in [-0.15, -0.1) is 11.8 Å². The monoisotopic (exact) mass is 447 g/mol. The Hall–Kier alpha value is -3.19. The van der Waals surface area contributed by atoms with Crippen LogP contribution in [-0.2, 0) is 17.0 Å². The number of rotatable bonds is 5. The first-order chi connectivity index (χ1) is 15.7. The van der Waals surface area contributed by atoms with E-state index in [-0.39, 0.29) is 11.3 Å². The fourth-order valence-corrected chi connectivity index (χ4v) is 5.69. The topological polar surface area (TPSA) is 65.4 Å². The summed E-state index contributed by atoms with van der Waals surface area (Å²) >= 11 is 1.84. The van der Waals surface area contributed by atoms with Crippen molar-refractivity contribution in [3.05, 3.63) is 76.9 Å². The summed E-state index contributed by atoms with van der Waals surface area (Å²) in [5.74, 6) is 2.20. The third-order valence-corrected chi connectivity index (χ3v) is 7.29. The number of aromatic nitrogens is 2.